The van der Waals surface area contributed by atoms with E-state index in [0.717, 1.165) is 26.3 Å². The molecule has 8 rings (SSSR count). The Bertz CT molecular complexity index is 2290. The van der Waals surface area contributed by atoms with Gasteiger partial charge in [0, 0.05) is 57.1 Å². The topological polar surface area (TPSA) is 184 Å². The first-order chi connectivity index (χ1) is 32.1. The van der Waals surface area contributed by atoms with E-state index in [4.69, 9.17) is 28.4 Å². The maximum atomic E-state index is 17.7. The maximum absolute atomic E-state index is 17.7. The zero-order chi connectivity index (χ0) is 47.6. The first-order valence-electron chi connectivity index (χ1n) is 22.8. The summed E-state index contributed by atoms with van der Waals surface area (Å²) in [6.45, 7) is 5.21. The van der Waals surface area contributed by atoms with Crippen LogP contribution < -0.4 is 0 Å². The molecule has 2 amide bonds. The normalized spacial score (nSPS) is 32.8. The molecule has 2 aromatic rings. The van der Waals surface area contributed by atoms with Crippen molar-refractivity contribution in [2.75, 3.05) is 66.0 Å². The van der Waals surface area contributed by atoms with Gasteiger partial charge in [0.2, 0.25) is 0 Å². The van der Waals surface area contributed by atoms with Gasteiger partial charge < -0.3 is 38.6 Å². The molecule has 0 spiro atoms. The smallest absolute Gasteiger partial charge is 0.253 e. The van der Waals surface area contributed by atoms with Gasteiger partial charge in [0.1, 0.15) is 18.6 Å². The van der Waals surface area contributed by atoms with Gasteiger partial charge in [-0.3, -0.25) is 28.9 Å². The van der Waals surface area contributed by atoms with Crippen molar-refractivity contribution in [2.45, 2.75) is 91.7 Å². The monoisotopic (exact) mass is 949 g/mol. The number of carbonyl (C=O) groups is 5. The lowest BCUT2D eigenvalue weighted by Gasteiger charge is -2.63. The summed E-state index contributed by atoms with van der Waals surface area (Å²) in [6.07, 6.45) is 1.19. The van der Waals surface area contributed by atoms with Crippen LogP contribution in [0.2, 0.25) is 0 Å². The SMILES string of the molecule is C[C@]12C=CC(=O)C=C1[C@@H](F)C[C@H]1[C@@H]3C[C@H]4O[C@@H](c5ccc(Sc6cccc(CC(=O)CCOCCOCCOCCOCCN7C(=O)C=CC7=O)c6)cc5)O[C@@]4(C(=O)CO)[C@@]3(C)C[C@H](O)[C@@]12F. The summed E-state index contributed by atoms with van der Waals surface area (Å²) in [5.74, 6) is -3.39. The Morgan fingerprint density at radius 2 is 1.51 bits per heavy atom. The number of hydrogen-bond donors (Lipinski definition) is 2. The Morgan fingerprint density at radius 3 is 2.18 bits per heavy atom. The van der Waals surface area contributed by atoms with Crippen molar-refractivity contribution < 1.29 is 71.4 Å². The Morgan fingerprint density at radius 1 is 0.851 bits per heavy atom. The first-order valence-corrected chi connectivity index (χ1v) is 23.6. The summed E-state index contributed by atoms with van der Waals surface area (Å²) in [5.41, 5.74) is -5.37. The number of carbonyl (C=O) groups excluding carboxylic acids is 5. The second-order valence-electron chi connectivity index (χ2n) is 18.4. The number of hydrogen-bond acceptors (Lipinski definition) is 14. The van der Waals surface area contributed by atoms with Crippen LogP contribution in [0, 0.1) is 22.7 Å². The van der Waals surface area contributed by atoms with E-state index in [1.165, 1.54) is 43.0 Å². The molecule has 2 N–H and O–H groups in total. The number of benzene rings is 2. The molecule has 0 unspecified atom stereocenters. The van der Waals surface area contributed by atoms with Crippen LogP contribution in [-0.2, 0) is 58.8 Å². The predicted molar refractivity (Wildman–Crippen MR) is 237 cm³/mol. The molecular formula is C50H57F2NO13S. The molecule has 2 aromatic carbocycles. The van der Waals surface area contributed by atoms with Crippen LogP contribution in [0.25, 0.3) is 0 Å². The minimum Gasteiger partial charge on any atom is -0.390 e. The van der Waals surface area contributed by atoms with Crippen LogP contribution >= 0.6 is 11.8 Å². The lowest BCUT2D eigenvalue weighted by atomic mass is 9.44. The van der Waals surface area contributed by atoms with E-state index in [9.17, 15) is 34.2 Å². The van der Waals surface area contributed by atoms with Gasteiger partial charge in [-0.05, 0) is 79.7 Å². The number of aliphatic hydroxyl groups is 2. The molecule has 2 heterocycles. The Labute approximate surface area is 392 Å². The number of alkyl halides is 2. The van der Waals surface area contributed by atoms with Crippen LogP contribution in [0.15, 0.2) is 94.3 Å². The van der Waals surface area contributed by atoms with E-state index in [1.807, 2.05) is 48.5 Å². The average Bonchev–Trinajstić information content (AvgIpc) is 3.93. The van der Waals surface area contributed by atoms with Crippen molar-refractivity contribution in [1.82, 2.24) is 4.90 Å². The van der Waals surface area contributed by atoms with E-state index in [2.05, 4.69) is 0 Å². The summed E-state index contributed by atoms with van der Waals surface area (Å²) in [4.78, 5) is 64.9. The van der Waals surface area contributed by atoms with E-state index in [1.54, 1.807) is 6.92 Å². The minimum absolute atomic E-state index is 0.0146. The fourth-order valence-corrected chi connectivity index (χ4v) is 12.2. The Hall–Kier alpha value is -4.30. The molecule has 6 aliphatic rings. The van der Waals surface area contributed by atoms with Gasteiger partial charge in [0.25, 0.3) is 11.8 Å². The van der Waals surface area contributed by atoms with E-state index in [0.29, 0.717) is 45.2 Å². The first kappa shape index (κ1) is 49.1. The maximum Gasteiger partial charge on any atom is 0.253 e. The summed E-state index contributed by atoms with van der Waals surface area (Å²) in [7, 11) is 0. The number of imide groups is 1. The van der Waals surface area contributed by atoms with E-state index in [-0.39, 0.29) is 75.0 Å². The zero-order valence-corrected chi connectivity index (χ0v) is 38.4. The standard InChI is InChI=1S/C50H57F2NO13S/c1-47-14-12-33(55)26-39(47)40(51)27-38-37-28-43-50(42(58)30-54,48(37,2)29-41(57)49(38,47)52)66-46(65-43)32-6-8-35(9-7-32)67-36-5-3-4-31(25-36)24-34(56)13-16-61-18-20-63-22-23-64-21-19-62-17-15-53-44(59)10-11-45(53)60/h3-12,14,25-26,37-38,40-41,43,46,54,57H,13,15-24,27-30H2,1-2H3/t37-,38-,40-,41-,43+,46+,47-,48-,49-,50+/m0/s1. The zero-order valence-electron chi connectivity index (χ0n) is 37.6. The highest BCUT2D eigenvalue weighted by Gasteiger charge is 2.80. The number of rotatable bonds is 22. The molecular weight excluding hydrogens is 893 g/mol. The third kappa shape index (κ3) is 9.31. The molecule has 360 valence electrons. The van der Waals surface area contributed by atoms with Gasteiger partial charge in [-0.1, -0.05) is 49.0 Å². The Balaban J connectivity index is 0.774. The van der Waals surface area contributed by atoms with Gasteiger partial charge >= 0.3 is 0 Å². The highest BCUT2D eigenvalue weighted by molar-refractivity contribution is 7.99. The molecule has 0 radical (unpaired) electrons. The third-order valence-electron chi connectivity index (χ3n) is 14.6. The number of aliphatic hydroxyl groups excluding tert-OH is 2. The van der Waals surface area contributed by atoms with Crippen molar-refractivity contribution in [3.8, 4) is 0 Å². The van der Waals surface area contributed by atoms with Gasteiger partial charge in [-0.2, -0.15) is 0 Å². The molecule has 4 aliphatic carbocycles. The van der Waals surface area contributed by atoms with Crippen LogP contribution in [0.5, 0.6) is 0 Å². The molecule has 0 aromatic heterocycles. The molecule has 4 fully saturated rings. The van der Waals surface area contributed by atoms with Crippen molar-refractivity contribution in [2.24, 2.45) is 22.7 Å². The fraction of sp³-hybridized carbons (Fsp3) is 0.540. The fourth-order valence-electron chi connectivity index (χ4n) is 11.3. The summed E-state index contributed by atoms with van der Waals surface area (Å²) < 4.78 is 68.7. The number of amides is 2. The van der Waals surface area contributed by atoms with E-state index < -0.39 is 76.8 Å². The van der Waals surface area contributed by atoms with Crippen molar-refractivity contribution >= 4 is 40.9 Å². The highest BCUT2D eigenvalue weighted by Crippen LogP contribution is 2.72. The molecule has 17 heteroatoms. The van der Waals surface area contributed by atoms with Gasteiger partial charge in [0.15, 0.2) is 29.1 Å². The van der Waals surface area contributed by atoms with Crippen LogP contribution in [0.3, 0.4) is 0 Å². The van der Waals surface area contributed by atoms with Gasteiger partial charge in [0.05, 0.1) is 71.6 Å². The van der Waals surface area contributed by atoms with Crippen LogP contribution in [0.4, 0.5) is 8.78 Å². The summed E-state index contributed by atoms with van der Waals surface area (Å²) in [5, 5.41) is 22.1. The third-order valence-corrected chi connectivity index (χ3v) is 15.6. The largest absolute Gasteiger partial charge is 0.390 e. The summed E-state index contributed by atoms with van der Waals surface area (Å²) >= 11 is 1.50. The average molecular weight is 950 g/mol. The van der Waals surface area contributed by atoms with E-state index >= 15 is 8.78 Å². The quantitative estimate of drug-likeness (QED) is 0.119. The van der Waals surface area contributed by atoms with Gasteiger partial charge in [-0.25, -0.2) is 8.78 Å². The molecule has 3 saturated carbocycles. The van der Waals surface area contributed by atoms with Crippen molar-refractivity contribution in [3.63, 3.8) is 0 Å². The molecule has 2 aliphatic heterocycles. The molecule has 1 saturated heterocycles. The van der Waals surface area contributed by atoms with Crippen LogP contribution in [-0.4, -0.2) is 140 Å². The minimum atomic E-state index is -2.33. The second kappa shape index (κ2) is 20.3. The molecule has 10 atom stereocenters. The predicted octanol–water partition coefficient (Wildman–Crippen LogP) is 4.97. The highest BCUT2D eigenvalue weighted by atomic mass is 32.2. The van der Waals surface area contributed by atoms with Crippen LogP contribution in [0.1, 0.15) is 56.9 Å². The van der Waals surface area contributed by atoms with Crippen molar-refractivity contribution in [3.05, 3.63) is 95.6 Å². The number of halogens is 2. The molecule has 14 nitrogen and oxygen atoms in total. The lowest BCUT2D eigenvalue weighted by molar-refractivity contribution is -0.235. The number of allylic oxidation sites excluding steroid dienone is 4. The molecule has 67 heavy (non-hydrogen) atoms. The second-order valence-corrected chi connectivity index (χ2v) is 19.5. The van der Waals surface area contributed by atoms with Crippen molar-refractivity contribution in [1.29, 1.82) is 0 Å². The number of Topliss-reactive ketones (excluding diaryl/α,β-unsaturated/α-hetero) is 2. The lowest BCUT2D eigenvalue weighted by Crippen LogP contribution is -2.70. The molecule has 0 bridgehead atoms. The number of nitrogens with zero attached hydrogens (tertiary/aromatic N) is 1. The number of fused-ring (bicyclic) bond motifs is 7. The number of ketones is 3. The van der Waals surface area contributed by atoms with Gasteiger partial charge in [-0.15, -0.1) is 0 Å². The number of ether oxygens (including phenoxy) is 6. The summed E-state index contributed by atoms with van der Waals surface area (Å²) in [6, 6.07) is 15.1. The Kier molecular flexibility index (Phi) is 14.9.